The molecule has 3 heteroatoms. The van der Waals surface area contributed by atoms with E-state index in [4.69, 9.17) is 16.3 Å². The lowest BCUT2D eigenvalue weighted by atomic mass is 9.47. The number of unbranched alkanes of at least 4 members (excludes halogenated alkanes) is 2. The van der Waals surface area contributed by atoms with Crippen molar-refractivity contribution < 1.29 is 9.53 Å². The second-order valence-electron chi connectivity index (χ2n) is 14.6. The molecule has 0 spiro atoms. The molecule has 0 aromatic rings. The van der Waals surface area contributed by atoms with Crippen molar-refractivity contribution in [3.05, 3.63) is 11.6 Å². The largest absolute Gasteiger partial charge is 0.461 e. The van der Waals surface area contributed by atoms with Gasteiger partial charge >= 0.3 is 5.97 Å². The molecule has 0 saturated heterocycles. The number of carbonyl (C=O) groups is 1. The number of ether oxygens (including phenoxy) is 1. The van der Waals surface area contributed by atoms with E-state index in [2.05, 4.69) is 47.6 Å². The number of carbonyl (C=O) groups excluding carboxylic acids is 1. The molecule has 0 N–H and O–H groups in total. The normalized spacial score (nSPS) is 38.8. The van der Waals surface area contributed by atoms with Gasteiger partial charge in [0.05, 0.1) is 0 Å². The van der Waals surface area contributed by atoms with Crippen molar-refractivity contribution in [3.8, 4) is 0 Å². The summed E-state index contributed by atoms with van der Waals surface area (Å²) in [6, 6.07) is 0. The summed E-state index contributed by atoms with van der Waals surface area (Å²) in [6.45, 7) is 14.7. The van der Waals surface area contributed by atoms with E-state index < -0.39 is 5.38 Å². The lowest BCUT2D eigenvalue weighted by Gasteiger charge is -2.58. The molecular weight excluding hydrogens is 476 g/mol. The van der Waals surface area contributed by atoms with Gasteiger partial charge < -0.3 is 4.74 Å². The molecule has 37 heavy (non-hydrogen) atoms. The van der Waals surface area contributed by atoms with Gasteiger partial charge in [0.2, 0.25) is 0 Å². The molecule has 9 atom stereocenters. The van der Waals surface area contributed by atoms with Crippen molar-refractivity contribution >= 4 is 17.6 Å². The molecule has 0 unspecified atom stereocenters. The van der Waals surface area contributed by atoms with Gasteiger partial charge in [-0.05, 0) is 97.7 Å². The Morgan fingerprint density at radius 3 is 2.51 bits per heavy atom. The standard InChI is InChI=1S/C34H57ClO2/c1-7-8-9-13-31(35)32(36)37-26-18-20-33(5)25(22-26)14-15-27-29-17-16-28(24(4)12-10-11-23(2)3)34(29,6)21-19-30(27)33/h14,23-24,26-31H,7-13,15-22H2,1-6H3/t24-,26-,27+,28-,29+,30+,31+,33-,34+/m0/s1. The fourth-order valence-electron chi connectivity index (χ4n) is 9.68. The molecule has 0 aliphatic heterocycles. The fourth-order valence-corrected chi connectivity index (χ4v) is 9.89. The molecule has 0 aromatic carbocycles. The molecule has 3 fully saturated rings. The van der Waals surface area contributed by atoms with Crippen LogP contribution < -0.4 is 0 Å². The van der Waals surface area contributed by atoms with Crippen molar-refractivity contribution in [2.45, 2.75) is 149 Å². The van der Waals surface area contributed by atoms with E-state index in [1.54, 1.807) is 5.57 Å². The minimum Gasteiger partial charge on any atom is -0.461 e. The number of hydrogen-bond acceptors (Lipinski definition) is 2. The van der Waals surface area contributed by atoms with Crippen LogP contribution >= 0.6 is 11.6 Å². The first-order valence-electron chi connectivity index (χ1n) is 16.1. The van der Waals surface area contributed by atoms with Crippen LogP contribution in [0.3, 0.4) is 0 Å². The number of allylic oxidation sites excluding steroid dienone is 1. The molecule has 0 aromatic heterocycles. The third kappa shape index (κ3) is 6.15. The fraction of sp³-hybridized carbons (Fsp3) is 0.912. The SMILES string of the molecule is CCCCC[C@@H](Cl)C(=O)O[C@H]1CC[C@@]2(C)C(=CC[C@@H]3[C@H]4CC[C@@H]([C@@H](C)CCCC(C)C)[C@@]4(C)CC[C@H]32)C1. The Morgan fingerprint density at radius 2 is 1.78 bits per heavy atom. The Balaban J connectivity index is 1.38. The van der Waals surface area contributed by atoms with E-state index in [0.29, 0.717) is 10.8 Å². The summed E-state index contributed by atoms with van der Waals surface area (Å²) in [5.74, 6) is 4.99. The van der Waals surface area contributed by atoms with Crippen LogP contribution in [0.5, 0.6) is 0 Å². The second-order valence-corrected chi connectivity index (χ2v) is 15.1. The van der Waals surface area contributed by atoms with Crippen LogP contribution in [0.2, 0.25) is 0 Å². The highest BCUT2D eigenvalue weighted by Gasteiger charge is 2.59. The summed E-state index contributed by atoms with van der Waals surface area (Å²) in [5, 5.41) is -0.483. The lowest BCUT2D eigenvalue weighted by molar-refractivity contribution is -0.151. The predicted octanol–water partition coefficient (Wildman–Crippen LogP) is 10.1. The summed E-state index contributed by atoms with van der Waals surface area (Å²) >= 11 is 6.39. The monoisotopic (exact) mass is 532 g/mol. The van der Waals surface area contributed by atoms with Crippen molar-refractivity contribution in [1.29, 1.82) is 0 Å². The Kier molecular flexibility index (Phi) is 9.84. The molecule has 4 aliphatic rings. The van der Waals surface area contributed by atoms with E-state index in [1.165, 1.54) is 57.8 Å². The summed E-state index contributed by atoms with van der Waals surface area (Å²) in [4.78, 5) is 12.6. The van der Waals surface area contributed by atoms with Crippen LogP contribution in [0, 0.1) is 46.3 Å². The average molecular weight is 533 g/mol. The Hall–Kier alpha value is -0.500. The van der Waals surface area contributed by atoms with Crippen LogP contribution in [0.15, 0.2) is 11.6 Å². The second kappa shape index (κ2) is 12.3. The number of halogens is 1. The number of hydrogen-bond donors (Lipinski definition) is 0. The van der Waals surface area contributed by atoms with E-state index in [0.717, 1.165) is 74.0 Å². The third-order valence-corrected chi connectivity index (χ3v) is 12.3. The van der Waals surface area contributed by atoms with Crippen LogP contribution in [-0.4, -0.2) is 17.5 Å². The van der Waals surface area contributed by atoms with Crippen LogP contribution in [0.1, 0.15) is 138 Å². The molecule has 0 heterocycles. The topological polar surface area (TPSA) is 26.3 Å². The zero-order valence-corrected chi connectivity index (χ0v) is 25.8. The first-order chi connectivity index (χ1) is 17.6. The maximum absolute atomic E-state index is 12.6. The maximum atomic E-state index is 12.6. The van der Waals surface area contributed by atoms with E-state index in [-0.39, 0.29) is 12.1 Å². The number of alkyl halides is 1. The Labute approximate surface area is 234 Å². The summed E-state index contributed by atoms with van der Waals surface area (Å²) in [6.07, 6.45) is 20.9. The maximum Gasteiger partial charge on any atom is 0.324 e. The van der Waals surface area contributed by atoms with Gasteiger partial charge in [0, 0.05) is 6.42 Å². The van der Waals surface area contributed by atoms with Crippen LogP contribution in [0.4, 0.5) is 0 Å². The molecule has 0 amide bonds. The Bertz CT molecular complexity index is 804. The Morgan fingerprint density at radius 1 is 1.00 bits per heavy atom. The molecule has 0 bridgehead atoms. The van der Waals surface area contributed by atoms with Crippen LogP contribution in [-0.2, 0) is 9.53 Å². The molecule has 4 rings (SSSR count). The quantitative estimate of drug-likeness (QED) is 0.114. The van der Waals surface area contributed by atoms with Gasteiger partial charge in [0.15, 0.2) is 0 Å². The third-order valence-electron chi connectivity index (χ3n) is 11.9. The van der Waals surface area contributed by atoms with Crippen molar-refractivity contribution in [2.24, 2.45) is 46.3 Å². The molecule has 212 valence electrons. The van der Waals surface area contributed by atoms with E-state index in [9.17, 15) is 4.79 Å². The first kappa shape index (κ1) is 29.5. The molecule has 0 radical (unpaired) electrons. The van der Waals surface area contributed by atoms with Gasteiger partial charge in [-0.3, -0.25) is 4.79 Å². The average Bonchev–Trinajstić information content (AvgIpc) is 3.21. The zero-order valence-electron chi connectivity index (χ0n) is 25.0. The summed E-state index contributed by atoms with van der Waals surface area (Å²) < 4.78 is 5.97. The van der Waals surface area contributed by atoms with Gasteiger partial charge in [-0.1, -0.05) is 91.7 Å². The van der Waals surface area contributed by atoms with Gasteiger partial charge in [0.25, 0.3) is 0 Å². The van der Waals surface area contributed by atoms with Gasteiger partial charge in [-0.25, -0.2) is 0 Å². The smallest absolute Gasteiger partial charge is 0.324 e. The number of esters is 1. The molecular formula is C34H57ClO2. The van der Waals surface area contributed by atoms with Crippen LogP contribution in [0.25, 0.3) is 0 Å². The number of fused-ring (bicyclic) bond motifs is 5. The van der Waals surface area contributed by atoms with Gasteiger partial charge in [-0.2, -0.15) is 0 Å². The number of rotatable bonds is 11. The van der Waals surface area contributed by atoms with E-state index in [1.807, 2.05) is 0 Å². The molecule has 3 saturated carbocycles. The lowest BCUT2D eigenvalue weighted by Crippen LogP contribution is -2.51. The molecule has 4 aliphatic carbocycles. The van der Waals surface area contributed by atoms with Gasteiger partial charge in [-0.15, -0.1) is 11.6 Å². The highest BCUT2D eigenvalue weighted by atomic mass is 35.5. The minimum atomic E-state index is -0.483. The minimum absolute atomic E-state index is 0.0206. The molecule has 2 nitrogen and oxygen atoms in total. The highest BCUT2D eigenvalue weighted by Crippen LogP contribution is 2.67. The van der Waals surface area contributed by atoms with E-state index >= 15 is 0 Å². The first-order valence-corrected chi connectivity index (χ1v) is 16.6. The van der Waals surface area contributed by atoms with Crippen molar-refractivity contribution in [3.63, 3.8) is 0 Å². The zero-order chi connectivity index (χ0) is 26.8. The summed E-state index contributed by atoms with van der Waals surface area (Å²) in [5.41, 5.74) is 2.44. The van der Waals surface area contributed by atoms with Gasteiger partial charge in [0.1, 0.15) is 11.5 Å². The summed E-state index contributed by atoms with van der Waals surface area (Å²) in [7, 11) is 0. The predicted molar refractivity (Wildman–Crippen MR) is 157 cm³/mol. The van der Waals surface area contributed by atoms with Crippen molar-refractivity contribution in [2.75, 3.05) is 0 Å². The van der Waals surface area contributed by atoms with Crippen molar-refractivity contribution in [1.82, 2.24) is 0 Å². The highest BCUT2D eigenvalue weighted by molar-refractivity contribution is 6.29.